The van der Waals surface area contributed by atoms with Gasteiger partial charge in [0, 0.05) is 6.20 Å². The molecule has 3 rings (SSSR count). The Morgan fingerprint density at radius 2 is 1.33 bits per heavy atom. The molecular formula is C24H27Cl2FeN3. The molecule has 0 aliphatic carbocycles. The maximum Gasteiger partial charge on any atom is 2.00 e. The van der Waals surface area contributed by atoms with E-state index >= 15 is 0 Å². The Bertz CT molecular complexity index is 931. The zero-order valence-corrected chi connectivity index (χ0v) is 20.5. The Balaban J connectivity index is 0.00000280. The number of pyridine rings is 2. The first kappa shape index (κ1) is 28.3. The van der Waals surface area contributed by atoms with E-state index < -0.39 is 0 Å². The van der Waals surface area contributed by atoms with Crippen LogP contribution in [-0.2, 0) is 17.1 Å². The number of aliphatic imine (C=N–C) groups is 1. The van der Waals surface area contributed by atoms with Crippen molar-refractivity contribution in [2.75, 3.05) is 0 Å². The molecule has 0 amide bonds. The quantitative estimate of drug-likeness (QED) is 0.392. The topological polar surface area (TPSA) is 38.1 Å². The molecule has 0 N–H and O–H groups in total. The smallest absolute Gasteiger partial charge is 1.00 e. The summed E-state index contributed by atoms with van der Waals surface area (Å²) in [5.41, 5.74) is 7.18. The van der Waals surface area contributed by atoms with Gasteiger partial charge in [-0.25, -0.2) is 4.98 Å². The molecule has 6 heteroatoms. The summed E-state index contributed by atoms with van der Waals surface area (Å²) in [6.07, 6.45) is 1.79. The standard InChI is InChI=1S/C24H27N3.2ClH.Fe/c1-16(2)19-10-8-11-20(17(3)4)24(19)26-18(5)21-13-9-14-23(27-21)22-12-6-7-15-25-22;;;/h6-17H,1-5H3;2*1H;/q;;;+2/p-2/b26-18+;;;. The van der Waals surface area contributed by atoms with Crippen LogP contribution in [0.4, 0.5) is 5.69 Å². The van der Waals surface area contributed by atoms with Crippen molar-refractivity contribution in [2.45, 2.75) is 46.5 Å². The van der Waals surface area contributed by atoms with Crippen molar-refractivity contribution in [1.29, 1.82) is 0 Å². The molecule has 0 bridgehead atoms. The maximum absolute atomic E-state index is 5.04. The molecule has 0 saturated carbocycles. The van der Waals surface area contributed by atoms with Crippen molar-refractivity contribution in [3.05, 3.63) is 77.6 Å². The van der Waals surface area contributed by atoms with E-state index in [-0.39, 0.29) is 41.9 Å². The van der Waals surface area contributed by atoms with Gasteiger partial charge in [0.05, 0.1) is 28.5 Å². The average Bonchev–Trinajstić information content (AvgIpc) is 2.68. The molecule has 30 heavy (non-hydrogen) atoms. The number of hydrogen-bond acceptors (Lipinski definition) is 3. The minimum absolute atomic E-state index is 0. The first-order valence-corrected chi connectivity index (χ1v) is 9.54. The van der Waals surface area contributed by atoms with E-state index in [1.54, 1.807) is 6.20 Å². The minimum atomic E-state index is 0. The van der Waals surface area contributed by atoms with Crippen LogP contribution in [0.1, 0.15) is 63.3 Å². The summed E-state index contributed by atoms with van der Waals surface area (Å²) in [5, 5.41) is 0. The molecule has 0 unspecified atom stereocenters. The maximum atomic E-state index is 5.04. The van der Waals surface area contributed by atoms with E-state index in [0.29, 0.717) is 11.8 Å². The molecule has 2 aromatic heterocycles. The van der Waals surface area contributed by atoms with Crippen LogP contribution in [0.5, 0.6) is 0 Å². The van der Waals surface area contributed by atoms with Crippen LogP contribution in [-0.4, -0.2) is 15.7 Å². The summed E-state index contributed by atoms with van der Waals surface area (Å²) in [5.74, 6) is 0.839. The number of aromatic nitrogens is 2. The second-order valence-corrected chi connectivity index (χ2v) is 7.41. The van der Waals surface area contributed by atoms with Crippen molar-refractivity contribution < 1.29 is 41.9 Å². The van der Waals surface area contributed by atoms with Crippen LogP contribution in [0, 0.1) is 0 Å². The number of benzene rings is 1. The van der Waals surface area contributed by atoms with E-state index in [1.165, 1.54) is 11.1 Å². The van der Waals surface area contributed by atoms with E-state index in [0.717, 1.165) is 28.5 Å². The molecule has 160 valence electrons. The van der Waals surface area contributed by atoms with Gasteiger partial charge < -0.3 is 24.8 Å². The largest absolute Gasteiger partial charge is 2.00 e. The third-order valence-corrected chi connectivity index (χ3v) is 4.67. The van der Waals surface area contributed by atoms with Crippen molar-refractivity contribution in [3.63, 3.8) is 0 Å². The molecule has 2 heterocycles. The molecule has 3 nitrogen and oxygen atoms in total. The predicted molar refractivity (Wildman–Crippen MR) is 114 cm³/mol. The van der Waals surface area contributed by atoms with Gasteiger partial charge in [0.2, 0.25) is 0 Å². The number of nitrogens with zero attached hydrogens (tertiary/aromatic N) is 3. The fraction of sp³-hybridized carbons (Fsp3) is 0.292. The number of hydrogen-bond donors (Lipinski definition) is 0. The van der Waals surface area contributed by atoms with E-state index in [1.807, 2.05) is 43.3 Å². The Morgan fingerprint density at radius 3 is 1.87 bits per heavy atom. The van der Waals surface area contributed by atoms with E-state index in [9.17, 15) is 0 Å². The van der Waals surface area contributed by atoms with Crippen molar-refractivity contribution in [1.82, 2.24) is 9.97 Å². The molecule has 0 aliphatic rings. The van der Waals surface area contributed by atoms with Crippen LogP contribution in [0.3, 0.4) is 0 Å². The van der Waals surface area contributed by atoms with Gasteiger partial charge in [-0.05, 0) is 54.2 Å². The predicted octanol–water partition coefficient (Wildman–Crippen LogP) is 0.537. The second-order valence-electron chi connectivity index (χ2n) is 7.41. The van der Waals surface area contributed by atoms with Gasteiger partial charge in [0.1, 0.15) is 0 Å². The average molecular weight is 484 g/mol. The molecular weight excluding hydrogens is 457 g/mol. The van der Waals surface area contributed by atoms with Crippen LogP contribution < -0.4 is 24.8 Å². The van der Waals surface area contributed by atoms with Crippen molar-refractivity contribution >= 4 is 11.4 Å². The number of rotatable bonds is 5. The zero-order chi connectivity index (χ0) is 19.4. The summed E-state index contributed by atoms with van der Waals surface area (Å²) in [7, 11) is 0. The van der Waals surface area contributed by atoms with Gasteiger partial charge in [-0.2, -0.15) is 0 Å². The SMILES string of the molecule is C/C(=N\c1c(C(C)C)cccc1C(C)C)c1cccc(-c2ccccn2)n1.[Cl-].[Cl-].[Fe+2]. The first-order chi connectivity index (χ1) is 13.0. The van der Waals surface area contributed by atoms with E-state index in [2.05, 4.69) is 50.9 Å². The summed E-state index contributed by atoms with van der Waals surface area (Å²) < 4.78 is 0. The molecule has 0 fully saturated rings. The fourth-order valence-electron chi connectivity index (χ4n) is 3.16. The number of para-hydroxylation sites is 1. The summed E-state index contributed by atoms with van der Waals surface area (Å²) in [4.78, 5) is 14.2. The van der Waals surface area contributed by atoms with Gasteiger partial charge >= 0.3 is 17.1 Å². The normalized spacial score (nSPS) is 10.8. The van der Waals surface area contributed by atoms with Crippen LogP contribution >= 0.6 is 0 Å². The van der Waals surface area contributed by atoms with Gasteiger partial charge in [0.25, 0.3) is 0 Å². The molecule has 0 saturated heterocycles. The molecule has 3 aromatic rings. The summed E-state index contributed by atoms with van der Waals surface area (Å²) in [6, 6.07) is 18.4. The Hall–Kier alpha value is -1.71. The summed E-state index contributed by atoms with van der Waals surface area (Å²) >= 11 is 0. The van der Waals surface area contributed by atoms with Gasteiger partial charge in [-0.15, -0.1) is 0 Å². The minimum Gasteiger partial charge on any atom is -1.00 e. The molecule has 0 spiro atoms. The monoisotopic (exact) mass is 483 g/mol. The van der Waals surface area contributed by atoms with Crippen LogP contribution in [0.2, 0.25) is 0 Å². The number of halogens is 2. The van der Waals surface area contributed by atoms with Crippen LogP contribution in [0.15, 0.2) is 65.8 Å². The Labute approximate surface area is 203 Å². The summed E-state index contributed by atoms with van der Waals surface area (Å²) in [6.45, 7) is 10.9. The van der Waals surface area contributed by atoms with Gasteiger partial charge in [0.15, 0.2) is 0 Å². The van der Waals surface area contributed by atoms with Crippen molar-refractivity contribution in [2.24, 2.45) is 4.99 Å². The third-order valence-electron chi connectivity index (χ3n) is 4.67. The van der Waals surface area contributed by atoms with Gasteiger partial charge in [-0.3, -0.25) is 9.98 Å². The second kappa shape index (κ2) is 12.9. The molecule has 0 atom stereocenters. The third kappa shape index (κ3) is 6.65. The fourth-order valence-corrected chi connectivity index (χ4v) is 3.16. The zero-order valence-electron chi connectivity index (χ0n) is 17.9. The molecule has 1 aromatic carbocycles. The van der Waals surface area contributed by atoms with E-state index in [4.69, 9.17) is 9.98 Å². The van der Waals surface area contributed by atoms with Crippen molar-refractivity contribution in [3.8, 4) is 11.4 Å². The first-order valence-electron chi connectivity index (χ1n) is 9.54. The van der Waals surface area contributed by atoms with Gasteiger partial charge in [-0.1, -0.05) is 58.0 Å². The molecule has 0 radical (unpaired) electrons. The Morgan fingerprint density at radius 1 is 0.767 bits per heavy atom. The Kier molecular flexibility index (Phi) is 12.1. The molecule has 0 aliphatic heterocycles. The van der Waals surface area contributed by atoms with Crippen LogP contribution in [0.25, 0.3) is 11.4 Å².